The molecule has 0 saturated heterocycles. The minimum atomic E-state index is 0.103. The summed E-state index contributed by atoms with van der Waals surface area (Å²) in [6.45, 7) is 3.11. The predicted molar refractivity (Wildman–Crippen MR) is 90.1 cm³/mol. The second kappa shape index (κ2) is 6.07. The molecule has 0 aliphatic carbocycles. The molecule has 3 N–H and O–H groups in total. The van der Waals surface area contributed by atoms with Crippen LogP contribution in [0, 0.1) is 6.92 Å². The first-order chi connectivity index (χ1) is 10.6. The number of benzene rings is 2. The van der Waals surface area contributed by atoms with Crippen LogP contribution in [-0.2, 0) is 0 Å². The Morgan fingerprint density at radius 2 is 2.14 bits per heavy atom. The predicted octanol–water partition coefficient (Wildman–Crippen LogP) is 3.46. The summed E-state index contributed by atoms with van der Waals surface area (Å²) < 4.78 is 11.1. The van der Waals surface area contributed by atoms with Gasteiger partial charge >= 0.3 is 0 Å². The largest absolute Gasteiger partial charge is 0.497 e. The van der Waals surface area contributed by atoms with Crippen LogP contribution < -0.4 is 20.5 Å². The Morgan fingerprint density at radius 3 is 2.82 bits per heavy atom. The normalized spacial score (nSPS) is 16.5. The van der Waals surface area contributed by atoms with E-state index in [4.69, 9.17) is 26.8 Å². The highest BCUT2D eigenvalue weighted by atomic mass is 35.5. The fourth-order valence-electron chi connectivity index (χ4n) is 2.69. The Hall–Kier alpha value is -1.91. The van der Waals surface area contributed by atoms with Crippen molar-refractivity contribution in [2.24, 2.45) is 5.73 Å². The van der Waals surface area contributed by atoms with Crippen molar-refractivity contribution < 1.29 is 9.47 Å². The summed E-state index contributed by atoms with van der Waals surface area (Å²) in [6, 6.07) is 9.87. The second-order valence-electron chi connectivity index (χ2n) is 5.40. The van der Waals surface area contributed by atoms with Gasteiger partial charge < -0.3 is 20.5 Å². The molecular formula is C17H19ClN2O2. The highest BCUT2D eigenvalue weighted by molar-refractivity contribution is 6.31. The van der Waals surface area contributed by atoms with Gasteiger partial charge in [-0.1, -0.05) is 17.7 Å². The number of halogens is 1. The maximum absolute atomic E-state index is 6.26. The van der Waals surface area contributed by atoms with E-state index in [1.807, 2.05) is 30.3 Å². The molecule has 0 amide bonds. The molecule has 116 valence electrons. The van der Waals surface area contributed by atoms with Crippen LogP contribution in [0.2, 0.25) is 5.02 Å². The number of rotatable bonds is 3. The molecule has 2 aromatic carbocycles. The molecule has 0 spiro atoms. The molecule has 3 rings (SSSR count). The molecule has 0 bridgehead atoms. The lowest BCUT2D eigenvalue weighted by atomic mass is 9.97. The quantitative estimate of drug-likeness (QED) is 0.910. The lowest BCUT2D eigenvalue weighted by Crippen LogP contribution is -2.37. The molecule has 1 aliphatic rings. The zero-order valence-corrected chi connectivity index (χ0v) is 13.4. The van der Waals surface area contributed by atoms with Gasteiger partial charge in [-0.3, -0.25) is 0 Å². The average molecular weight is 319 g/mol. The summed E-state index contributed by atoms with van der Waals surface area (Å²) in [7, 11) is 1.66. The van der Waals surface area contributed by atoms with Crippen LogP contribution >= 0.6 is 11.6 Å². The molecule has 2 aromatic rings. The van der Waals surface area contributed by atoms with Crippen molar-refractivity contribution in [3.05, 3.63) is 40.9 Å². The van der Waals surface area contributed by atoms with E-state index < -0.39 is 0 Å². The summed E-state index contributed by atoms with van der Waals surface area (Å²) in [6.07, 6.45) is 0. The summed E-state index contributed by atoms with van der Waals surface area (Å²) in [4.78, 5) is 0. The standard InChI is InChI=1S/C17H19ClN2O2/c1-10-5-13(21-2)3-4-14(10)15-6-11(18)7-16-17(15)20-12(8-19)9-22-16/h3-7,12,20H,8-9,19H2,1-2H3/t12-/m0/s1. The molecule has 0 fully saturated rings. The van der Waals surface area contributed by atoms with Crippen molar-refractivity contribution in [2.45, 2.75) is 13.0 Å². The molecule has 0 aromatic heterocycles. The minimum Gasteiger partial charge on any atom is -0.497 e. The molecule has 1 atom stereocenters. The molecule has 0 radical (unpaired) electrons. The summed E-state index contributed by atoms with van der Waals surface area (Å²) in [5, 5.41) is 4.11. The maximum Gasteiger partial charge on any atom is 0.144 e. The van der Waals surface area contributed by atoms with Crippen LogP contribution in [0.15, 0.2) is 30.3 Å². The van der Waals surface area contributed by atoms with Crippen LogP contribution in [0.1, 0.15) is 5.56 Å². The smallest absolute Gasteiger partial charge is 0.144 e. The Labute approximate surface area is 135 Å². The van der Waals surface area contributed by atoms with Crippen LogP contribution in [0.5, 0.6) is 11.5 Å². The van der Waals surface area contributed by atoms with Gasteiger partial charge in [0, 0.05) is 23.2 Å². The lowest BCUT2D eigenvalue weighted by Gasteiger charge is -2.29. The van der Waals surface area contributed by atoms with Gasteiger partial charge in [-0.25, -0.2) is 0 Å². The van der Waals surface area contributed by atoms with Crippen molar-refractivity contribution in [1.29, 1.82) is 0 Å². The number of fused-ring (bicyclic) bond motifs is 1. The van der Waals surface area contributed by atoms with E-state index in [1.165, 1.54) is 0 Å². The molecule has 4 nitrogen and oxygen atoms in total. The van der Waals surface area contributed by atoms with Gasteiger partial charge in [0.25, 0.3) is 0 Å². The van der Waals surface area contributed by atoms with Crippen molar-refractivity contribution in [3.8, 4) is 22.6 Å². The van der Waals surface area contributed by atoms with Crippen molar-refractivity contribution >= 4 is 17.3 Å². The molecule has 1 heterocycles. The number of methoxy groups -OCH3 is 1. The van der Waals surface area contributed by atoms with Gasteiger partial charge in [0.2, 0.25) is 0 Å². The third-order valence-corrected chi connectivity index (χ3v) is 4.08. The van der Waals surface area contributed by atoms with E-state index in [-0.39, 0.29) is 6.04 Å². The monoisotopic (exact) mass is 318 g/mol. The third kappa shape index (κ3) is 2.72. The Bertz CT molecular complexity index is 703. The molecule has 1 aliphatic heterocycles. The van der Waals surface area contributed by atoms with Gasteiger partial charge in [0.1, 0.15) is 18.1 Å². The lowest BCUT2D eigenvalue weighted by molar-refractivity contribution is 0.287. The first kappa shape index (κ1) is 15.0. The van der Waals surface area contributed by atoms with Gasteiger partial charge in [-0.15, -0.1) is 0 Å². The summed E-state index contributed by atoms with van der Waals surface area (Å²) in [5.74, 6) is 1.60. The van der Waals surface area contributed by atoms with Gasteiger partial charge in [-0.05, 0) is 36.2 Å². The maximum atomic E-state index is 6.26. The molecule has 22 heavy (non-hydrogen) atoms. The van der Waals surface area contributed by atoms with Crippen molar-refractivity contribution in [2.75, 3.05) is 25.6 Å². The number of nitrogens with one attached hydrogen (secondary N) is 1. The number of hydrogen-bond acceptors (Lipinski definition) is 4. The number of aryl methyl sites for hydroxylation is 1. The topological polar surface area (TPSA) is 56.5 Å². The number of ether oxygens (including phenoxy) is 2. The molecular weight excluding hydrogens is 300 g/mol. The van der Waals surface area contributed by atoms with E-state index in [0.717, 1.165) is 33.9 Å². The first-order valence-corrected chi connectivity index (χ1v) is 7.58. The van der Waals surface area contributed by atoms with E-state index in [0.29, 0.717) is 18.2 Å². The van der Waals surface area contributed by atoms with Crippen LogP contribution in [0.25, 0.3) is 11.1 Å². The minimum absolute atomic E-state index is 0.103. The van der Waals surface area contributed by atoms with Crippen LogP contribution in [-0.4, -0.2) is 26.3 Å². The van der Waals surface area contributed by atoms with E-state index in [1.54, 1.807) is 7.11 Å². The number of nitrogens with two attached hydrogens (primary N) is 1. The Morgan fingerprint density at radius 1 is 1.32 bits per heavy atom. The zero-order chi connectivity index (χ0) is 15.7. The molecule has 0 saturated carbocycles. The molecule has 5 heteroatoms. The van der Waals surface area contributed by atoms with Crippen molar-refractivity contribution in [3.63, 3.8) is 0 Å². The van der Waals surface area contributed by atoms with Gasteiger partial charge in [0.05, 0.1) is 18.8 Å². The third-order valence-electron chi connectivity index (χ3n) is 3.86. The SMILES string of the molecule is COc1ccc(-c2cc(Cl)cc3c2N[C@@H](CN)CO3)c(C)c1. The summed E-state index contributed by atoms with van der Waals surface area (Å²) in [5.41, 5.74) is 9.92. The highest BCUT2D eigenvalue weighted by Crippen LogP contribution is 2.42. The number of anilines is 1. The zero-order valence-electron chi connectivity index (χ0n) is 12.7. The fraction of sp³-hybridized carbons (Fsp3) is 0.294. The summed E-state index contributed by atoms with van der Waals surface area (Å²) >= 11 is 6.26. The van der Waals surface area contributed by atoms with Crippen LogP contribution in [0.3, 0.4) is 0 Å². The number of hydrogen-bond donors (Lipinski definition) is 2. The highest BCUT2D eigenvalue weighted by Gasteiger charge is 2.22. The first-order valence-electron chi connectivity index (χ1n) is 7.20. The van der Waals surface area contributed by atoms with Gasteiger partial charge in [0.15, 0.2) is 0 Å². The molecule has 0 unspecified atom stereocenters. The van der Waals surface area contributed by atoms with E-state index >= 15 is 0 Å². The second-order valence-corrected chi connectivity index (χ2v) is 5.83. The Balaban J connectivity index is 2.13. The van der Waals surface area contributed by atoms with Gasteiger partial charge in [-0.2, -0.15) is 0 Å². The van der Waals surface area contributed by atoms with Crippen LogP contribution in [0.4, 0.5) is 5.69 Å². The van der Waals surface area contributed by atoms with Crippen molar-refractivity contribution in [1.82, 2.24) is 0 Å². The Kier molecular flexibility index (Phi) is 4.14. The van der Waals surface area contributed by atoms with E-state index in [9.17, 15) is 0 Å². The average Bonchev–Trinajstić information content (AvgIpc) is 2.53. The fourth-order valence-corrected chi connectivity index (χ4v) is 2.89. The van der Waals surface area contributed by atoms with E-state index in [2.05, 4.69) is 12.2 Å².